The molecule has 1 aliphatic heterocycles. The van der Waals surface area contributed by atoms with Crippen LogP contribution >= 0.6 is 0 Å². The van der Waals surface area contributed by atoms with Gasteiger partial charge in [-0.25, -0.2) is 9.07 Å². The number of methoxy groups -OCH3 is 1. The zero-order valence-corrected chi connectivity index (χ0v) is 23.7. The minimum absolute atomic E-state index is 0.180. The average molecular weight is 591 g/mol. The molecule has 8 nitrogen and oxygen atoms in total. The van der Waals surface area contributed by atoms with Gasteiger partial charge in [0.1, 0.15) is 5.82 Å². The maximum atomic E-state index is 14.5. The predicted octanol–water partition coefficient (Wildman–Crippen LogP) is 6.44. The van der Waals surface area contributed by atoms with E-state index in [2.05, 4.69) is 21.7 Å². The molecule has 12 heteroatoms. The lowest BCUT2D eigenvalue weighted by atomic mass is 9.95. The van der Waals surface area contributed by atoms with E-state index in [0.717, 1.165) is 12.0 Å². The molecule has 42 heavy (non-hydrogen) atoms. The van der Waals surface area contributed by atoms with Gasteiger partial charge in [-0.15, -0.1) is 0 Å². The Morgan fingerprint density at radius 2 is 1.83 bits per heavy atom. The molecule has 1 aromatic heterocycles. The van der Waals surface area contributed by atoms with Crippen molar-refractivity contribution in [1.82, 2.24) is 9.78 Å². The fraction of sp³-hybridized carbons (Fsp3) is 0.400. The Balaban J connectivity index is 0.000000392. The van der Waals surface area contributed by atoms with E-state index < -0.39 is 23.5 Å². The highest BCUT2D eigenvalue weighted by molar-refractivity contribution is 5.69. The average Bonchev–Trinajstić information content (AvgIpc) is 3.47. The van der Waals surface area contributed by atoms with Crippen molar-refractivity contribution in [2.45, 2.75) is 70.9 Å². The van der Waals surface area contributed by atoms with Crippen LogP contribution in [0.15, 0.2) is 48.7 Å². The fourth-order valence-electron chi connectivity index (χ4n) is 4.76. The molecule has 0 atom stereocenters. The first-order chi connectivity index (χ1) is 19.8. The van der Waals surface area contributed by atoms with E-state index in [1.807, 2.05) is 26.0 Å². The molecule has 5 rings (SSSR count). The number of carbonyl (C=O) groups excluding carboxylic acids is 1. The summed E-state index contributed by atoms with van der Waals surface area (Å²) in [7, 11) is 1.35. The van der Waals surface area contributed by atoms with Crippen molar-refractivity contribution in [1.29, 1.82) is 0 Å². The predicted molar refractivity (Wildman–Crippen MR) is 149 cm³/mol. The molecule has 3 N–H and O–H groups in total. The third-order valence-electron chi connectivity index (χ3n) is 6.72. The van der Waals surface area contributed by atoms with Crippen LogP contribution in [0.3, 0.4) is 0 Å². The van der Waals surface area contributed by atoms with Gasteiger partial charge in [0.05, 0.1) is 24.9 Å². The summed E-state index contributed by atoms with van der Waals surface area (Å²) in [5.41, 5.74) is 7.06. The first kappa shape index (κ1) is 30.7. The van der Waals surface area contributed by atoms with Crippen molar-refractivity contribution in [2.24, 2.45) is 5.73 Å². The van der Waals surface area contributed by atoms with Crippen LogP contribution < -0.4 is 20.5 Å². The lowest BCUT2D eigenvalue weighted by Gasteiger charge is -2.16. The number of hydrogen-bond donors (Lipinski definition) is 2. The maximum absolute atomic E-state index is 14.5. The zero-order chi connectivity index (χ0) is 30.7. The van der Waals surface area contributed by atoms with Gasteiger partial charge >= 0.3 is 12.1 Å². The standard InChI is InChI=1S/C24H23F4N3O2.C6H11NO2/c1-23(2)32-20-10-7-14(11-21(20)33-23)13-29-18-12-15(8-9-17(18)25)31-19-6-4-3-5-16(19)22(30-31)24(26,27)28;1-5(7)3-4-6(8)9-2/h7-12,29H,3-6,13H2,1-2H3;1,3-4,7H2,2H3. The van der Waals surface area contributed by atoms with E-state index in [9.17, 15) is 22.4 Å². The van der Waals surface area contributed by atoms with E-state index >= 15 is 0 Å². The van der Waals surface area contributed by atoms with Crippen LogP contribution in [0, 0.1) is 5.82 Å². The molecule has 0 saturated heterocycles. The third kappa shape index (κ3) is 7.34. The number of fused-ring (bicyclic) bond motifs is 2. The first-order valence-corrected chi connectivity index (χ1v) is 13.5. The van der Waals surface area contributed by atoms with Crippen molar-refractivity contribution in [3.05, 3.63) is 77.0 Å². The second kappa shape index (κ2) is 12.3. The second-order valence-corrected chi connectivity index (χ2v) is 10.5. The van der Waals surface area contributed by atoms with Gasteiger partial charge < -0.3 is 25.3 Å². The van der Waals surface area contributed by atoms with Crippen molar-refractivity contribution in [2.75, 3.05) is 12.4 Å². The van der Waals surface area contributed by atoms with Gasteiger partial charge in [-0.2, -0.15) is 18.3 Å². The van der Waals surface area contributed by atoms with Crippen LogP contribution in [-0.4, -0.2) is 28.6 Å². The van der Waals surface area contributed by atoms with Crippen LogP contribution in [-0.2, 0) is 35.1 Å². The van der Waals surface area contributed by atoms with Gasteiger partial charge in [-0.05, 0) is 68.0 Å². The van der Waals surface area contributed by atoms with Gasteiger partial charge in [-0.3, -0.25) is 4.79 Å². The van der Waals surface area contributed by atoms with Gasteiger partial charge in [0, 0.05) is 37.3 Å². The number of benzene rings is 2. The first-order valence-electron chi connectivity index (χ1n) is 13.5. The molecular weight excluding hydrogens is 556 g/mol. The third-order valence-corrected chi connectivity index (χ3v) is 6.72. The van der Waals surface area contributed by atoms with Crippen molar-refractivity contribution in [3.8, 4) is 17.2 Å². The number of aromatic nitrogens is 2. The van der Waals surface area contributed by atoms with Gasteiger partial charge in [-0.1, -0.05) is 12.6 Å². The number of halogens is 4. The molecule has 0 spiro atoms. The molecule has 1 aliphatic carbocycles. The highest BCUT2D eigenvalue weighted by Gasteiger charge is 2.39. The molecule has 0 saturated carbocycles. The summed E-state index contributed by atoms with van der Waals surface area (Å²) in [5.74, 6) is -0.246. The van der Waals surface area contributed by atoms with E-state index in [1.165, 1.54) is 30.0 Å². The smallest absolute Gasteiger partial charge is 0.435 e. The molecule has 0 fully saturated rings. The van der Waals surface area contributed by atoms with Gasteiger partial charge in [0.2, 0.25) is 5.79 Å². The SMILES string of the molecule is C=C(N)CCC(=O)OC.CC1(C)Oc2ccc(CNc3cc(-n4nc(C(F)(F)F)c5c4CCCC5)ccc3F)cc2O1. The van der Waals surface area contributed by atoms with E-state index in [1.54, 1.807) is 6.07 Å². The van der Waals surface area contributed by atoms with Gasteiger partial charge in [0.25, 0.3) is 0 Å². The summed E-state index contributed by atoms with van der Waals surface area (Å²) in [6, 6.07) is 9.64. The lowest BCUT2D eigenvalue weighted by Crippen LogP contribution is -2.29. The Labute approximate surface area is 241 Å². The van der Waals surface area contributed by atoms with Crippen LogP contribution in [0.1, 0.15) is 62.0 Å². The van der Waals surface area contributed by atoms with Crippen LogP contribution in [0.5, 0.6) is 11.5 Å². The summed E-state index contributed by atoms with van der Waals surface area (Å²) in [4.78, 5) is 10.4. The monoisotopic (exact) mass is 590 g/mol. The highest BCUT2D eigenvalue weighted by atomic mass is 19.4. The number of esters is 1. The topological polar surface area (TPSA) is 101 Å². The van der Waals surface area contributed by atoms with Crippen LogP contribution in [0.4, 0.5) is 23.2 Å². The zero-order valence-electron chi connectivity index (χ0n) is 23.7. The molecule has 226 valence electrons. The summed E-state index contributed by atoms with van der Waals surface area (Å²) < 4.78 is 72.2. The number of anilines is 1. The number of hydrogen-bond acceptors (Lipinski definition) is 7. The molecule has 3 aromatic rings. The number of carbonyl (C=O) groups is 1. The van der Waals surface area contributed by atoms with Crippen molar-refractivity contribution in [3.63, 3.8) is 0 Å². The van der Waals surface area contributed by atoms with Crippen molar-refractivity contribution < 1.29 is 36.6 Å². The molecule has 2 heterocycles. The van der Waals surface area contributed by atoms with E-state index in [0.29, 0.717) is 67.2 Å². The van der Waals surface area contributed by atoms with E-state index in [4.69, 9.17) is 15.2 Å². The highest BCUT2D eigenvalue weighted by Crippen LogP contribution is 2.40. The minimum Gasteiger partial charge on any atom is -0.469 e. The van der Waals surface area contributed by atoms with Crippen LogP contribution in [0.2, 0.25) is 0 Å². The number of rotatable bonds is 7. The maximum Gasteiger partial charge on any atom is 0.435 e. The Morgan fingerprint density at radius 1 is 1.12 bits per heavy atom. The largest absolute Gasteiger partial charge is 0.469 e. The molecule has 0 unspecified atom stereocenters. The molecule has 0 amide bonds. The Hall–Kier alpha value is -4.22. The van der Waals surface area contributed by atoms with Crippen molar-refractivity contribution >= 4 is 11.7 Å². The quantitative estimate of drug-likeness (QED) is 0.241. The molecule has 2 aliphatic rings. The Bertz CT molecular complexity index is 1470. The Morgan fingerprint density at radius 3 is 2.52 bits per heavy atom. The number of ether oxygens (including phenoxy) is 3. The Kier molecular flexibility index (Phi) is 9.03. The summed E-state index contributed by atoms with van der Waals surface area (Å²) >= 11 is 0. The number of nitrogens with zero attached hydrogens (tertiary/aromatic N) is 2. The molecular formula is C30H34F4N4O4. The fourth-order valence-corrected chi connectivity index (χ4v) is 4.76. The summed E-state index contributed by atoms with van der Waals surface area (Å²) in [6.45, 7) is 7.34. The summed E-state index contributed by atoms with van der Waals surface area (Å²) in [6.07, 6.45) is -1.35. The van der Waals surface area contributed by atoms with E-state index in [-0.39, 0.29) is 17.2 Å². The lowest BCUT2D eigenvalue weighted by molar-refractivity contribution is -0.142. The number of nitrogens with two attached hydrogens (primary N) is 1. The van der Waals surface area contributed by atoms with Crippen LogP contribution in [0.25, 0.3) is 5.69 Å². The normalized spacial score (nSPS) is 14.8. The number of nitrogens with one attached hydrogen (secondary N) is 1. The second-order valence-electron chi connectivity index (χ2n) is 10.5. The molecule has 2 aromatic carbocycles. The van der Waals surface area contributed by atoms with Gasteiger partial charge in [0.15, 0.2) is 17.2 Å². The number of allylic oxidation sites excluding steroid dienone is 1. The molecule has 0 bridgehead atoms. The summed E-state index contributed by atoms with van der Waals surface area (Å²) in [5, 5.41) is 6.92. The number of alkyl halides is 3. The minimum atomic E-state index is -4.53. The molecule has 0 radical (unpaired) electrons.